The van der Waals surface area contributed by atoms with Crippen molar-refractivity contribution < 1.29 is 23.2 Å². The molecule has 10 heteroatoms. The van der Waals surface area contributed by atoms with Crippen molar-refractivity contribution >= 4 is 27.6 Å². The molecule has 2 rings (SSSR count). The Labute approximate surface area is 176 Å². The molecule has 0 fully saturated rings. The summed E-state index contributed by atoms with van der Waals surface area (Å²) in [6.45, 7) is 2.05. The van der Waals surface area contributed by atoms with Crippen LogP contribution in [0.5, 0.6) is 0 Å². The molecule has 0 aliphatic rings. The summed E-state index contributed by atoms with van der Waals surface area (Å²) in [4.78, 5) is 22.9. The lowest BCUT2D eigenvalue weighted by atomic mass is 10.1. The summed E-state index contributed by atoms with van der Waals surface area (Å²) >= 11 is 0. The van der Waals surface area contributed by atoms with Crippen LogP contribution in [0.3, 0.4) is 0 Å². The number of nitrogens with one attached hydrogen (secondary N) is 3. The van der Waals surface area contributed by atoms with Gasteiger partial charge in [-0.2, -0.15) is 4.31 Å². The van der Waals surface area contributed by atoms with Gasteiger partial charge in [0.05, 0.1) is 4.90 Å². The lowest BCUT2D eigenvalue weighted by Crippen LogP contribution is -2.36. The first kappa shape index (κ1) is 23.3. The molecular formula is C20H26N4O5S. The summed E-state index contributed by atoms with van der Waals surface area (Å²) in [6.07, 6.45) is 0.288. The first-order chi connectivity index (χ1) is 14.3. The average molecular weight is 435 g/mol. The van der Waals surface area contributed by atoms with Crippen molar-refractivity contribution in [3.8, 4) is 0 Å². The summed E-state index contributed by atoms with van der Waals surface area (Å²) in [5, 5.41) is 13.7. The van der Waals surface area contributed by atoms with Crippen LogP contribution < -0.4 is 16.1 Å². The molecule has 0 heterocycles. The Morgan fingerprint density at radius 3 is 2.20 bits per heavy atom. The smallest absolute Gasteiger partial charge is 0.318 e. The third-order valence-corrected chi connectivity index (χ3v) is 6.37. The Hall–Kier alpha value is -2.95. The van der Waals surface area contributed by atoms with Crippen molar-refractivity contribution in [2.24, 2.45) is 0 Å². The number of aryl methyl sites for hydroxylation is 1. The first-order valence-corrected chi connectivity index (χ1v) is 10.8. The molecule has 2 aromatic rings. The minimum Gasteiger partial charge on any atom is -0.341 e. The maximum Gasteiger partial charge on any atom is 0.318 e. The number of amides is 3. The number of carbonyl (C=O) groups excluding carboxylic acids is 2. The molecule has 0 aliphatic carbocycles. The van der Waals surface area contributed by atoms with Crippen molar-refractivity contribution in [1.29, 1.82) is 0 Å². The topological polar surface area (TPSA) is 128 Å². The van der Waals surface area contributed by atoms with Gasteiger partial charge in [0.15, 0.2) is 0 Å². The van der Waals surface area contributed by atoms with Crippen LogP contribution in [0.2, 0.25) is 0 Å². The van der Waals surface area contributed by atoms with E-state index < -0.39 is 22.0 Å². The number of anilines is 1. The van der Waals surface area contributed by atoms with Gasteiger partial charge in [0.25, 0.3) is 0 Å². The van der Waals surface area contributed by atoms with Gasteiger partial charge in [0.2, 0.25) is 15.9 Å². The number of benzene rings is 2. The van der Waals surface area contributed by atoms with E-state index in [9.17, 15) is 18.0 Å². The zero-order valence-electron chi connectivity index (χ0n) is 16.9. The number of hydrogen-bond donors (Lipinski definition) is 4. The normalized spacial score (nSPS) is 11.2. The quantitative estimate of drug-likeness (QED) is 0.354. The van der Waals surface area contributed by atoms with E-state index in [4.69, 9.17) is 5.21 Å². The van der Waals surface area contributed by atoms with Crippen molar-refractivity contribution in [3.63, 3.8) is 0 Å². The van der Waals surface area contributed by atoms with Crippen LogP contribution >= 0.6 is 0 Å². The van der Waals surface area contributed by atoms with Crippen LogP contribution in [0.25, 0.3) is 0 Å². The molecule has 162 valence electrons. The third kappa shape index (κ3) is 6.55. The van der Waals surface area contributed by atoms with Crippen molar-refractivity contribution in [3.05, 3.63) is 59.7 Å². The minimum atomic E-state index is -3.89. The molecular weight excluding hydrogens is 408 g/mol. The van der Waals surface area contributed by atoms with Crippen LogP contribution in [0.4, 0.5) is 10.5 Å². The molecule has 9 nitrogen and oxygen atoms in total. The Bertz CT molecular complexity index is 960. The summed E-state index contributed by atoms with van der Waals surface area (Å²) < 4.78 is 27.5. The molecule has 0 bridgehead atoms. The van der Waals surface area contributed by atoms with E-state index in [1.54, 1.807) is 0 Å². The first-order valence-electron chi connectivity index (χ1n) is 9.33. The van der Waals surface area contributed by atoms with Gasteiger partial charge >= 0.3 is 6.03 Å². The van der Waals surface area contributed by atoms with E-state index in [-0.39, 0.29) is 24.4 Å². The molecule has 0 saturated carbocycles. The number of hydroxylamine groups is 1. The van der Waals surface area contributed by atoms with Crippen LogP contribution in [0.1, 0.15) is 17.5 Å². The Balaban J connectivity index is 2.19. The highest BCUT2D eigenvalue weighted by atomic mass is 32.2. The summed E-state index contributed by atoms with van der Waals surface area (Å²) in [6, 6.07) is 13.1. The van der Waals surface area contributed by atoms with Crippen LogP contribution in [-0.2, 0) is 21.2 Å². The largest absolute Gasteiger partial charge is 0.341 e. The number of sulfonamides is 1. The maximum absolute atomic E-state index is 13.1. The highest BCUT2D eigenvalue weighted by Gasteiger charge is 2.25. The average Bonchev–Trinajstić information content (AvgIpc) is 2.74. The number of urea groups is 1. The SMILES string of the molecule is CNC(=O)Nc1ccc(S(=O)(=O)N(CCC(=O)NO)CCc2ccc(C)cc2)cc1. The molecule has 0 aromatic heterocycles. The molecule has 0 radical (unpaired) electrons. The van der Waals surface area contributed by atoms with Gasteiger partial charge in [-0.3, -0.25) is 10.0 Å². The second-order valence-corrected chi connectivity index (χ2v) is 8.59. The highest BCUT2D eigenvalue weighted by molar-refractivity contribution is 7.89. The van der Waals surface area contributed by atoms with Crippen LogP contribution in [0, 0.1) is 6.92 Å². The van der Waals surface area contributed by atoms with Gasteiger partial charge in [-0.15, -0.1) is 0 Å². The number of nitrogens with zero attached hydrogens (tertiary/aromatic N) is 1. The predicted molar refractivity (Wildman–Crippen MR) is 113 cm³/mol. The molecule has 4 N–H and O–H groups in total. The Morgan fingerprint density at radius 1 is 1.00 bits per heavy atom. The van der Waals surface area contributed by atoms with E-state index in [1.165, 1.54) is 41.1 Å². The van der Waals surface area contributed by atoms with Gasteiger partial charge in [-0.1, -0.05) is 29.8 Å². The van der Waals surface area contributed by atoms with E-state index in [0.717, 1.165) is 11.1 Å². The summed E-state index contributed by atoms with van der Waals surface area (Å²) in [5.41, 5.74) is 4.03. The zero-order valence-corrected chi connectivity index (χ0v) is 17.7. The van der Waals surface area contributed by atoms with Gasteiger partial charge < -0.3 is 10.6 Å². The van der Waals surface area contributed by atoms with E-state index in [2.05, 4.69) is 10.6 Å². The number of hydrogen-bond acceptors (Lipinski definition) is 5. The molecule has 3 amide bonds. The lowest BCUT2D eigenvalue weighted by Gasteiger charge is -2.22. The maximum atomic E-state index is 13.1. The second-order valence-electron chi connectivity index (χ2n) is 6.65. The zero-order chi connectivity index (χ0) is 22.1. The van der Waals surface area contributed by atoms with Gasteiger partial charge in [-0.25, -0.2) is 18.7 Å². The predicted octanol–water partition coefficient (Wildman–Crippen LogP) is 1.88. The summed E-state index contributed by atoms with van der Waals surface area (Å²) in [7, 11) is -2.42. The molecule has 0 aliphatic heterocycles. The van der Waals surface area contributed by atoms with E-state index in [1.807, 2.05) is 31.2 Å². The monoisotopic (exact) mass is 434 g/mol. The molecule has 0 saturated heterocycles. The molecule has 2 aromatic carbocycles. The minimum absolute atomic E-state index is 0.0401. The fraction of sp³-hybridized carbons (Fsp3) is 0.300. The van der Waals surface area contributed by atoms with E-state index in [0.29, 0.717) is 12.1 Å². The molecule has 0 atom stereocenters. The fourth-order valence-corrected chi connectivity index (χ4v) is 4.14. The van der Waals surface area contributed by atoms with Crippen LogP contribution in [0.15, 0.2) is 53.4 Å². The Morgan fingerprint density at radius 2 is 1.63 bits per heavy atom. The molecule has 30 heavy (non-hydrogen) atoms. The Kier molecular flexibility index (Phi) is 8.34. The second kappa shape index (κ2) is 10.7. The van der Waals surface area contributed by atoms with Crippen molar-refractivity contribution in [2.75, 3.05) is 25.5 Å². The molecule has 0 unspecified atom stereocenters. The fourth-order valence-electron chi connectivity index (χ4n) is 2.70. The number of carbonyl (C=O) groups is 2. The molecule has 0 spiro atoms. The van der Waals surface area contributed by atoms with Gasteiger partial charge in [-0.05, 0) is 43.2 Å². The third-order valence-electron chi connectivity index (χ3n) is 4.46. The van der Waals surface area contributed by atoms with Crippen molar-refractivity contribution in [2.45, 2.75) is 24.7 Å². The van der Waals surface area contributed by atoms with E-state index >= 15 is 0 Å². The summed E-state index contributed by atoms with van der Waals surface area (Å²) in [5.74, 6) is -0.671. The highest BCUT2D eigenvalue weighted by Crippen LogP contribution is 2.19. The van der Waals surface area contributed by atoms with Gasteiger partial charge in [0.1, 0.15) is 0 Å². The number of rotatable bonds is 9. The van der Waals surface area contributed by atoms with Crippen molar-refractivity contribution in [1.82, 2.24) is 15.1 Å². The van der Waals surface area contributed by atoms with Crippen LogP contribution in [-0.4, -0.2) is 50.0 Å². The lowest BCUT2D eigenvalue weighted by molar-refractivity contribution is -0.129. The van der Waals surface area contributed by atoms with Gasteiger partial charge in [0, 0.05) is 32.2 Å². The standard InChI is InChI=1S/C20H26N4O5S/c1-15-3-5-16(6-4-15)11-13-24(14-12-19(25)23-27)30(28,29)18-9-7-17(8-10-18)22-20(26)21-2/h3-10,27H,11-14H2,1-2H3,(H,23,25)(H2,21,22,26).